The molecule has 0 bridgehead atoms. The van der Waals surface area contributed by atoms with Crippen molar-refractivity contribution in [2.45, 2.75) is 19.9 Å². The molecule has 0 aromatic carbocycles. The number of hydrogen-bond donors (Lipinski definition) is 0. The molecule has 0 fully saturated rings. The van der Waals surface area contributed by atoms with Gasteiger partial charge in [0, 0.05) is 18.2 Å². The molecule has 0 saturated heterocycles. The van der Waals surface area contributed by atoms with Crippen molar-refractivity contribution in [1.82, 2.24) is 4.57 Å². The number of aromatic nitrogens is 1. The molecule has 1 aliphatic rings. The predicted octanol–water partition coefficient (Wildman–Crippen LogP) is 1.88. The van der Waals surface area contributed by atoms with Gasteiger partial charge in [-0.05, 0) is 19.1 Å². The Bertz CT molecular complexity index is 300. The van der Waals surface area contributed by atoms with Crippen molar-refractivity contribution in [1.29, 1.82) is 0 Å². The molecule has 1 aliphatic heterocycles. The topological polar surface area (TPSA) is 22.0 Å². The molecule has 2 heteroatoms. The van der Waals surface area contributed by atoms with Crippen LogP contribution in [0.4, 0.5) is 0 Å². The van der Waals surface area contributed by atoms with Crippen LogP contribution in [0.25, 0.3) is 0 Å². The summed E-state index contributed by atoms with van der Waals surface area (Å²) in [6.45, 7) is 4.07. The zero-order chi connectivity index (χ0) is 8.01. The molecule has 2 nitrogen and oxygen atoms in total. The van der Waals surface area contributed by atoms with E-state index in [0.717, 1.165) is 5.69 Å². The normalized spacial score (nSPS) is 29.1. The molecule has 2 rings (SSSR count). The minimum atomic E-state index is 0.159. The highest BCUT2D eigenvalue weighted by molar-refractivity contribution is 5.98. The van der Waals surface area contributed by atoms with E-state index in [0.29, 0.717) is 6.04 Å². The molecule has 2 atom stereocenters. The lowest BCUT2D eigenvalue weighted by Gasteiger charge is -2.09. The van der Waals surface area contributed by atoms with Gasteiger partial charge in [0.25, 0.3) is 0 Å². The van der Waals surface area contributed by atoms with Gasteiger partial charge in [0.2, 0.25) is 0 Å². The highest BCUT2D eigenvalue weighted by Crippen LogP contribution is 2.30. The number of Topliss-reactive ketones (excluding diaryl/α,β-unsaturated/α-hetero) is 1. The zero-order valence-corrected chi connectivity index (χ0v) is 6.74. The average molecular weight is 149 g/mol. The summed E-state index contributed by atoms with van der Waals surface area (Å²) in [4.78, 5) is 11.4. The fourth-order valence-electron chi connectivity index (χ4n) is 1.65. The van der Waals surface area contributed by atoms with Gasteiger partial charge in [0.1, 0.15) is 0 Å². The number of ketones is 1. The highest BCUT2D eigenvalue weighted by atomic mass is 16.1. The summed E-state index contributed by atoms with van der Waals surface area (Å²) in [7, 11) is 0. The SMILES string of the molecule is C[C@@H]1C(=O)c2cccn2[C@@H]1C. The lowest BCUT2D eigenvalue weighted by Crippen LogP contribution is -2.08. The van der Waals surface area contributed by atoms with Crippen molar-refractivity contribution in [2.75, 3.05) is 0 Å². The van der Waals surface area contributed by atoms with E-state index < -0.39 is 0 Å². The van der Waals surface area contributed by atoms with Gasteiger partial charge in [-0.3, -0.25) is 4.79 Å². The molecule has 0 saturated carbocycles. The van der Waals surface area contributed by atoms with Gasteiger partial charge in [-0.25, -0.2) is 0 Å². The van der Waals surface area contributed by atoms with Gasteiger partial charge in [-0.1, -0.05) is 6.92 Å². The first kappa shape index (κ1) is 6.65. The maximum absolute atomic E-state index is 11.4. The molecule has 1 aromatic rings. The second kappa shape index (κ2) is 1.97. The fourth-order valence-corrected chi connectivity index (χ4v) is 1.65. The van der Waals surface area contributed by atoms with Crippen molar-refractivity contribution >= 4 is 5.78 Å². The molecule has 0 unspecified atom stereocenters. The number of carbonyl (C=O) groups is 1. The molecule has 58 valence electrons. The number of hydrogen-bond acceptors (Lipinski definition) is 1. The Kier molecular flexibility index (Phi) is 1.19. The van der Waals surface area contributed by atoms with Crippen molar-refractivity contribution in [3.8, 4) is 0 Å². The second-order valence-electron chi connectivity index (χ2n) is 3.19. The van der Waals surface area contributed by atoms with Crippen molar-refractivity contribution in [3.05, 3.63) is 24.0 Å². The van der Waals surface area contributed by atoms with E-state index in [9.17, 15) is 4.79 Å². The number of rotatable bonds is 0. The van der Waals surface area contributed by atoms with E-state index in [4.69, 9.17) is 0 Å². The van der Waals surface area contributed by atoms with E-state index in [1.165, 1.54) is 0 Å². The Morgan fingerprint density at radius 1 is 1.45 bits per heavy atom. The van der Waals surface area contributed by atoms with Crippen LogP contribution < -0.4 is 0 Å². The molecule has 0 amide bonds. The molecule has 2 heterocycles. The molecular weight excluding hydrogens is 138 g/mol. The van der Waals surface area contributed by atoms with Crippen LogP contribution in [0, 0.1) is 5.92 Å². The average Bonchev–Trinajstić information content (AvgIpc) is 2.53. The van der Waals surface area contributed by atoms with Crippen molar-refractivity contribution in [3.63, 3.8) is 0 Å². The van der Waals surface area contributed by atoms with E-state index >= 15 is 0 Å². The quantitative estimate of drug-likeness (QED) is 0.552. The summed E-state index contributed by atoms with van der Waals surface area (Å²) in [6, 6.07) is 4.16. The van der Waals surface area contributed by atoms with Crippen LogP contribution in [0.2, 0.25) is 0 Å². The van der Waals surface area contributed by atoms with Gasteiger partial charge < -0.3 is 4.57 Å². The first-order valence-electron chi connectivity index (χ1n) is 3.93. The predicted molar refractivity (Wildman–Crippen MR) is 42.6 cm³/mol. The summed E-state index contributed by atoms with van der Waals surface area (Å²) >= 11 is 0. The van der Waals surface area contributed by atoms with Gasteiger partial charge in [-0.15, -0.1) is 0 Å². The third kappa shape index (κ3) is 0.694. The molecule has 1 aromatic heterocycles. The number of carbonyl (C=O) groups excluding carboxylic acids is 1. The largest absolute Gasteiger partial charge is 0.342 e. The fraction of sp³-hybridized carbons (Fsp3) is 0.444. The lowest BCUT2D eigenvalue weighted by atomic mass is 10.0. The maximum Gasteiger partial charge on any atom is 0.184 e. The van der Waals surface area contributed by atoms with E-state index in [1.54, 1.807) is 0 Å². The molecule has 11 heavy (non-hydrogen) atoms. The Balaban J connectivity index is 2.56. The first-order valence-corrected chi connectivity index (χ1v) is 3.93. The van der Waals surface area contributed by atoms with Crippen molar-refractivity contribution < 1.29 is 4.79 Å². The molecule has 0 N–H and O–H groups in total. The summed E-state index contributed by atoms with van der Waals surface area (Å²) < 4.78 is 2.05. The Morgan fingerprint density at radius 3 is 2.82 bits per heavy atom. The first-order chi connectivity index (χ1) is 5.22. The minimum Gasteiger partial charge on any atom is -0.342 e. The Labute approximate surface area is 65.8 Å². The summed E-state index contributed by atoms with van der Waals surface area (Å²) in [5, 5.41) is 0. The summed E-state index contributed by atoms with van der Waals surface area (Å²) in [5.74, 6) is 0.439. The van der Waals surface area contributed by atoms with Crippen LogP contribution in [0.5, 0.6) is 0 Å². The summed E-state index contributed by atoms with van der Waals surface area (Å²) in [6.07, 6.45) is 1.97. The molecule has 0 radical (unpaired) electrons. The molecule has 0 aliphatic carbocycles. The number of nitrogens with zero attached hydrogens (tertiary/aromatic N) is 1. The third-order valence-electron chi connectivity index (χ3n) is 2.61. The van der Waals surface area contributed by atoms with Gasteiger partial charge in [0.15, 0.2) is 5.78 Å². The van der Waals surface area contributed by atoms with Gasteiger partial charge in [0.05, 0.1) is 5.69 Å². The van der Waals surface area contributed by atoms with E-state index in [-0.39, 0.29) is 11.7 Å². The van der Waals surface area contributed by atoms with Crippen molar-refractivity contribution in [2.24, 2.45) is 5.92 Å². The monoisotopic (exact) mass is 149 g/mol. The van der Waals surface area contributed by atoms with Crippen LogP contribution in [0.15, 0.2) is 18.3 Å². The van der Waals surface area contributed by atoms with Crippen LogP contribution in [-0.2, 0) is 0 Å². The van der Waals surface area contributed by atoms with E-state index in [2.05, 4.69) is 6.92 Å². The van der Waals surface area contributed by atoms with Crippen LogP contribution in [0.1, 0.15) is 30.4 Å². The van der Waals surface area contributed by atoms with Gasteiger partial charge in [-0.2, -0.15) is 0 Å². The van der Waals surface area contributed by atoms with Crippen LogP contribution >= 0.6 is 0 Å². The van der Waals surface area contributed by atoms with E-state index in [1.807, 2.05) is 29.8 Å². The highest BCUT2D eigenvalue weighted by Gasteiger charge is 2.32. The number of fused-ring (bicyclic) bond motifs is 1. The zero-order valence-electron chi connectivity index (χ0n) is 6.74. The molecule has 0 spiro atoms. The van der Waals surface area contributed by atoms with Crippen LogP contribution in [0.3, 0.4) is 0 Å². The minimum absolute atomic E-state index is 0.159. The third-order valence-corrected chi connectivity index (χ3v) is 2.61. The smallest absolute Gasteiger partial charge is 0.184 e. The Morgan fingerprint density at radius 2 is 2.18 bits per heavy atom. The lowest BCUT2D eigenvalue weighted by molar-refractivity contribution is 0.0935. The Hall–Kier alpha value is -1.05. The second-order valence-corrected chi connectivity index (χ2v) is 3.19. The van der Waals surface area contributed by atoms with Gasteiger partial charge >= 0.3 is 0 Å². The molecular formula is C9H11NO. The maximum atomic E-state index is 11.4. The van der Waals surface area contributed by atoms with Crippen LogP contribution in [-0.4, -0.2) is 10.4 Å². The standard InChI is InChI=1S/C9H11NO/c1-6-7(2)10-5-3-4-8(10)9(6)11/h3-7H,1-2H3/t6-,7+/m0/s1. The summed E-state index contributed by atoms with van der Waals surface area (Å²) in [5.41, 5.74) is 0.866.